The molecular formula is C22H17ClN4O3. The predicted octanol–water partition coefficient (Wildman–Crippen LogP) is 4.44. The van der Waals surface area contributed by atoms with E-state index in [0.717, 1.165) is 5.56 Å². The van der Waals surface area contributed by atoms with Crippen molar-refractivity contribution in [3.63, 3.8) is 0 Å². The predicted molar refractivity (Wildman–Crippen MR) is 115 cm³/mol. The number of nitrogens with one attached hydrogen (secondary N) is 2. The highest BCUT2D eigenvalue weighted by molar-refractivity contribution is 6.30. The van der Waals surface area contributed by atoms with E-state index in [-0.39, 0.29) is 11.3 Å². The number of rotatable bonds is 5. The number of nitrogens with zero attached hydrogens (tertiary/aromatic N) is 2. The van der Waals surface area contributed by atoms with E-state index in [1.165, 1.54) is 6.20 Å². The van der Waals surface area contributed by atoms with E-state index in [1.54, 1.807) is 35.0 Å². The Morgan fingerprint density at radius 1 is 1.13 bits per heavy atom. The number of fused-ring (bicyclic) bond motifs is 1. The number of hydrogen-bond acceptors (Lipinski definition) is 4. The maximum atomic E-state index is 12.8. The van der Waals surface area contributed by atoms with Crippen LogP contribution in [0.5, 0.6) is 0 Å². The molecule has 3 N–H and O–H groups in total. The van der Waals surface area contributed by atoms with Crippen molar-refractivity contribution in [1.29, 1.82) is 0 Å². The molecule has 2 heterocycles. The number of carbonyl (C=O) groups excluding carboxylic acids is 1. The van der Waals surface area contributed by atoms with Crippen molar-refractivity contribution in [2.75, 3.05) is 10.6 Å². The molecule has 150 valence electrons. The minimum absolute atomic E-state index is 0.0220. The molecule has 0 bridgehead atoms. The number of amides is 1. The van der Waals surface area contributed by atoms with E-state index in [4.69, 9.17) is 11.6 Å². The number of halogens is 1. The van der Waals surface area contributed by atoms with Gasteiger partial charge in [-0.15, -0.1) is 0 Å². The van der Waals surface area contributed by atoms with Crippen molar-refractivity contribution in [3.05, 3.63) is 94.8 Å². The highest BCUT2D eigenvalue weighted by Gasteiger charge is 2.27. The summed E-state index contributed by atoms with van der Waals surface area (Å²) in [5.41, 5.74) is 1.74. The van der Waals surface area contributed by atoms with Gasteiger partial charge < -0.3 is 15.7 Å². The van der Waals surface area contributed by atoms with Crippen LogP contribution >= 0.6 is 11.6 Å². The zero-order valence-electron chi connectivity index (χ0n) is 15.6. The highest BCUT2D eigenvalue weighted by atomic mass is 35.5. The van der Waals surface area contributed by atoms with Gasteiger partial charge in [0.1, 0.15) is 17.1 Å². The van der Waals surface area contributed by atoms with Gasteiger partial charge in [0.25, 0.3) is 5.91 Å². The second kappa shape index (κ2) is 8.26. The Kier molecular flexibility index (Phi) is 5.36. The standard InChI is InChI=1S/C22H17ClN4O3/c23-15-7-9-16(10-8-15)25-21(28)18-13-24-27-17(11-6-14-4-2-1-3-5-14)12-19(22(29)30)26-20(18)27/h1-13,17,26H,(H,25,28)(H,29,30)/b11-6+/t17-/m0/s1. The number of carboxylic acid groups (broad SMARTS) is 1. The molecule has 0 saturated heterocycles. The molecule has 7 nitrogen and oxygen atoms in total. The number of carboxylic acids is 1. The van der Waals surface area contributed by atoms with E-state index >= 15 is 0 Å². The summed E-state index contributed by atoms with van der Waals surface area (Å²) in [6.45, 7) is 0. The molecule has 1 aliphatic heterocycles. The van der Waals surface area contributed by atoms with E-state index in [2.05, 4.69) is 15.7 Å². The summed E-state index contributed by atoms with van der Waals surface area (Å²) >= 11 is 5.87. The molecule has 0 fully saturated rings. The molecule has 0 spiro atoms. The highest BCUT2D eigenvalue weighted by Crippen LogP contribution is 2.29. The van der Waals surface area contributed by atoms with Crippen LogP contribution in [0, 0.1) is 0 Å². The number of benzene rings is 2. The molecule has 0 radical (unpaired) electrons. The van der Waals surface area contributed by atoms with Crippen LogP contribution in [0.25, 0.3) is 6.08 Å². The van der Waals surface area contributed by atoms with Crippen molar-refractivity contribution in [3.8, 4) is 0 Å². The van der Waals surface area contributed by atoms with Crippen molar-refractivity contribution in [2.24, 2.45) is 0 Å². The minimum Gasteiger partial charge on any atom is -0.477 e. The third-order valence-corrected chi connectivity index (χ3v) is 4.78. The molecular weight excluding hydrogens is 404 g/mol. The maximum Gasteiger partial charge on any atom is 0.352 e. The Morgan fingerprint density at radius 3 is 2.57 bits per heavy atom. The number of aromatic nitrogens is 2. The van der Waals surface area contributed by atoms with Gasteiger partial charge in [0, 0.05) is 10.7 Å². The summed E-state index contributed by atoms with van der Waals surface area (Å²) in [6.07, 6.45) is 6.67. The number of hydrogen-bond donors (Lipinski definition) is 3. The average Bonchev–Trinajstić information content (AvgIpc) is 3.18. The number of aliphatic carboxylic acids is 1. The normalized spacial score (nSPS) is 15.2. The lowest BCUT2D eigenvalue weighted by Gasteiger charge is -2.22. The topological polar surface area (TPSA) is 96.2 Å². The van der Waals surface area contributed by atoms with Gasteiger partial charge in [-0.2, -0.15) is 5.10 Å². The number of allylic oxidation sites excluding steroid dienone is 2. The van der Waals surface area contributed by atoms with Gasteiger partial charge >= 0.3 is 5.97 Å². The van der Waals surface area contributed by atoms with Gasteiger partial charge in [-0.1, -0.05) is 54.1 Å². The first-order chi connectivity index (χ1) is 14.5. The molecule has 3 aromatic rings. The third-order valence-electron chi connectivity index (χ3n) is 4.53. The van der Waals surface area contributed by atoms with Gasteiger partial charge in [0.2, 0.25) is 0 Å². The zero-order valence-corrected chi connectivity index (χ0v) is 16.4. The van der Waals surface area contributed by atoms with Crippen molar-refractivity contribution in [1.82, 2.24) is 9.78 Å². The smallest absolute Gasteiger partial charge is 0.352 e. The molecule has 0 aliphatic carbocycles. The van der Waals surface area contributed by atoms with Crippen molar-refractivity contribution in [2.45, 2.75) is 6.04 Å². The fourth-order valence-corrected chi connectivity index (χ4v) is 3.18. The van der Waals surface area contributed by atoms with Crippen molar-refractivity contribution >= 4 is 41.1 Å². The summed E-state index contributed by atoms with van der Waals surface area (Å²) in [4.78, 5) is 24.4. The van der Waals surface area contributed by atoms with E-state index < -0.39 is 17.9 Å². The van der Waals surface area contributed by atoms with Crippen LogP contribution in [-0.2, 0) is 4.79 Å². The zero-order chi connectivity index (χ0) is 21.1. The summed E-state index contributed by atoms with van der Waals surface area (Å²) in [5, 5.41) is 19.9. The van der Waals surface area contributed by atoms with Crippen LogP contribution in [0.4, 0.5) is 11.5 Å². The first-order valence-electron chi connectivity index (χ1n) is 9.11. The first-order valence-corrected chi connectivity index (χ1v) is 9.49. The Hall–Kier alpha value is -3.84. The molecule has 1 aliphatic rings. The average molecular weight is 421 g/mol. The van der Waals surface area contributed by atoms with Gasteiger partial charge in [0.15, 0.2) is 0 Å². The Morgan fingerprint density at radius 2 is 1.87 bits per heavy atom. The van der Waals surface area contributed by atoms with Crippen LogP contribution in [0.1, 0.15) is 22.0 Å². The largest absolute Gasteiger partial charge is 0.477 e. The Bertz CT molecular complexity index is 1150. The van der Waals surface area contributed by atoms with Gasteiger partial charge in [0.05, 0.1) is 12.2 Å². The van der Waals surface area contributed by atoms with Crippen LogP contribution in [0.2, 0.25) is 5.02 Å². The van der Waals surface area contributed by atoms with Crippen LogP contribution in [0.3, 0.4) is 0 Å². The summed E-state index contributed by atoms with van der Waals surface area (Å²) in [7, 11) is 0. The lowest BCUT2D eigenvalue weighted by Crippen LogP contribution is -2.24. The second-order valence-electron chi connectivity index (χ2n) is 6.58. The maximum absolute atomic E-state index is 12.8. The van der Waals surface area contributed by atoms with E-state index in [0.29, 0.717) is 16.5 Å². The minimum atomic E-state index is -1.12. The molecule has 1 aromatic heterocycles. The summed E-state index contributed by atoms with van der Waals surface area (Å²) in [6, 6.07) is 15.8. The molecule has 4 rings (SSSR count). The molecule has 30 heavy (non-hydrogen) atoms. The Balaban J connectivity index is 1.64. The van der Waals surface area contributed by atoms with Crippen LogP contribution in [-0.4, -0.2) is 26.8 Å². The van der Waals surface area contributed by atoms with Gasteiger partial charge in [-0.25, -0.2) is 9.48 Å². The summed E-state index contributed by atoms with van der Waals surface area (Å²) < 4.78 is 1.57. The monoisotopic (exact) mass is 420 g/mol. The number of anilines is 2. The van der Waals surface area contributed by atoms with E-state index in [1.807, 2.05) is 42.5 Å². The van der Waals surface area contributed by atoms with Crippen molar-refractivity contribution < 1.29 is 14.7 Å². The van der Waals surface area contributed by atoms with Gasteiger partial charge in [-0.05, 0) is 35.9 Å². The molecule has 8 heteroatoms. The summed E-state index contributed by atoms with van der Waals surface area (Å²) in [5.74, 6) is -1.22. The second-order valence-corrected chi connectivity index (χ2v) is 7.02. The first kappa shape index (κ1) is 19.5. The number of carbonyl (C=O) groups is 2. The molecule has 0 saturated carbocycles. The molecule has 2 aromatic carbocycles. The fraction of sp³-hybridized carbons (Fsp3) is 0.0455. The molecule has 1 atom stereocenters. The van der Waals surface area contributed by atoms with E-state index in [9.17, 15) is 14.7 Å². The molecule has 0 unspecified atom stereocenters. The van der Waals surface area contributed by atoms with Crippen LogP contribution in [0.15, 0.2) is 78.6 Å². The SMILES string of the molecule is O=C(O)C1=C[C@H](/C=C/c2ccccc2)n2ncc(C(=O)Nc3ccc(Cl)cc3)c2N1. The Labute approximate surface area is 177 Å². The molecule has 1 amide bonds. The fourth-order valence-electron chi connectivity index (χ4n) is 3.06. The van der Waals surface area contributed by atoms with Gasteiger partial charge in [-0.3, -0.25) is 4.79 Å². The van der Waals surface area contributed by atoms with Crippen LogP contribution < -0.4 is 10.6 Å². The third kappa shape index (κ3) is 4.11. The lowest BCUT2D eigenvalue weighted by molar-refractivity contribution is -0.132. The lowest BCUT2D eigenvalue weighted by atomic mass is 10.1. The quantitative estimate of drug-likeness (QED) is 0.567.